The summed E-state index contributed by atoms with van der Waals surface area (Å²) < 4.78 is 13.0. The number of carbonyl (C=O) groups excluding carboxylic acids is 1. The maximum Gasteiger partial charge on any atom is 0.262 e. The van der Waals surface area contributed by atoms with Gasteiger partial charge in [0.2, 0.25) is 5.88 Å². The summed E-state index contributed by atoms with van der Waals surface area (Å²) in [6, 6.07) is 17.3. The molecule has 33 heavy (non-hydrogen) atoms. The van der Waals surface area contributed by atoms with Crippen LogP contribution in [0.25, 0.3) is 16.7 Å². The second-order valence-electron chi connectivity index (χ2n) is 7.79. The van der Waals surface area contributed by atoms with Gasteiger partial charge in [-0.3, -0.25) is 4.79 Å². The van der Waals surface area contributed by atoms with Gasteiger partial charge in [0.1, 0.15) is 5.75 Å². The molecule has 0 unspecified atom stereocenters. The number of ether oxygens (including phenoxy) is 2. The zero-order valence-corrected chi connectivity index (χ0v) is 19.4. The monoisotopic (exact) mass is 444 g/mol. The summed E-state index contributed by atoms with van der Waals surface area (Å²) in [6.07, 6.45) is 0.979. The molecule has 0 bridgehead atoms. The Labute approximate surface area is 193 Å². The third kappa shape index (κ3) is 4.98. The Morgan fingerprint density at radius 3 is 2.39 bits per heavy atom. The van der Waals surface area contributed by atoms with E-state index in [1.165, 1.54) is 5.56 Å². The molecule has 7 nitrogen and oxygen atoms in total. The Kier molecular flexibility index (Phi) is 6.58. The molecule has 0 atom stereocenters. The molecule has 2 aromatic carbocycles. The molecule has 0 saturated carbocycles. The average Bonchev–Trinajstić information content (AvgIpc) is 3.16. The molecular formula is C26H28N4O3. The highest BCUT2D eigenvalue weighted by Gasteiger charge is 2.15. The number of hydrogen-bond acceptors (Lipinski definition) is 5. The van der Waals surface area contributed by atoms with Crippen LogP contribution in [0, 0.1) is 13.8 Å². The molecule has 4 rings (SSSR count). The van der Waals surface area contributed by atoms with Crippen LogP contribution in [0.4, 0.5) is 5.69 Å². The van der Waals surface area contributed by atoms with Crippen molar-refractivity contribution < 1.29 is 14.3 Å². The van der Waals surface area contributed by atoms with Gasteiger partial charge in [-0.25, -0.2) is 4.68 Å². The fourth-order valence-electron chi connectivity index (χ4n) is 3.74. The van der Waals surface area contributed by atoms with Crippen molar-refractivity contribution in [2.45, 2.75) is 34.1 Å². The summed E-state index contributed by atoms with van der Waals surface area (Å²) in [5.41, 5.74) is 5.47. The number of nitrogens with one attached hydrogen (secondary N) is 1. The number of aryl methyl sites for hydroxylation is 3. The predicted molar refractivity (Wildman–Crippen MR) is 129 cm³/mol. The maximum atomic E-state index is 12.4. The third-order valence-corrected chi connectivity index (χ3v) is 5.38. The molecule has 7 heteroatoms. The number of aromatic nitrogens is 3. The van der Waals surface area contributed by atoms with Gasteiger partial charge in [0, 0.05) is 17.1 Å². The summed E-state index contributed by atoms with van der Waals surface area (Å²) in [5, 5.41) is 8.51. The number of fused-ring (bicyclic) bond motifs is 1. The molecule has 1 N–H and O–H groups in total. The minimum atomic E-state index is -0.265. The van der Waals surface area contributed by atoms with E-state index in [1.54, 1.807) is 12.1 Å². The zero-order chi connectivity index (χ0) is 23.4. The molecule has 170 valence electrons. The fraction of sp³-hybridized carbons (Fsp3) is 0.269. The van der Waals surface area contributed by atoms with Crippen LogP contribution in [0.3, 0.4) is 0 Å². The van der Waals surface area contributed by atoms with Gasteiger partial charge in [-0.1, -0.05) is 19.1 Å². The summed E-state index contributed by atoms with van der Waals surface area (Å²) in [7, 11) is 0. The fourth-order valence-corrected chi connectivity index (χ4v) is 3.74. The van der Waals surface area contributed by atoms with E-state index < -0.39 is 0 Å². The van der Waals surface area contributed by atoms with Gasteiger partial charge in [-0.15, -0.1) is 0 Å². The van der Waals surface area contributed by atoms with Crippen molar-refractivity contribution in [1.29, 1.82) is 0 Å². The molecule has 2 heterocycles. The molecule has 0 saturated heterocycles. The van der Waals surface area contributed by atoms with Crippen LogP contribution in [0.2, 0.25) is 0 Å². The number of anilines is 1. The highest BCUT2D eigenvalue weighted by Crippen LogP contribution is 2.27. The summed E-state index contributed by atoms with van der Waals surface area (Å²) >= 11 is 0. The lowest BCUT2D eigenvalue weighted by molar-refractivity contribution is -0.118. The van der Waals surface area contributed by atoms with Gasteiger partial charge in [0.25, 0.3) is 5.91 Å². The molecule has 0 fully saturated rings. The van der Waals surface area contributed by atoms with E-state index in [-0.39, 0.29) is 12.5 Å². The van der Waals surface area contributed by atoms with E-state index in [2.05, 4.69) is 29.4 Å². The lowest BCUT2D eigenvalue weighted by Crippen LogP contribution is -2.20. The average molecular weight is 445 g/mol. The van der Waals surface area contributed by atoms with Crippen LogP contribution >= 0.6 is 0 Å². The van der Waals surface area contributed by atoms with Gasteiger partial charge < -0.3 is 14.8 Å². The summed E-state index contributed by atoms with van der Waals surface area (Å²) in [5.74, 6) is 0.877. The molecule has 2 aromatic heterocycles. The van der Waals surface area contributed by atoms with Crippen molar-refractivity contribution in [2.75, 3.05) is 18.5 Å². The van der Waals surface area contributed by atoms with Crippen molar-refractivity contribution in [3.63, 3.8) is 0 Å². The first-order valence-electron chi connectivity index (χ1n) is 11.1. The number of benzene rings is 2. The maximum absolute atomic E-state index is 12.4. The summed E-state index contributed by atoms with van der Waals surface area (Å²) in [4.78, 5) is 17.1. The molecule has 1 amide bonds. The second-order valence-corrected chi connectivity index (χ2v) is 7.79. The Bertz CT molecular complexity index is 1260. The Morgan fingerprint density at radius 1 is 1.00 bits per heavy atom. The van der Waals surface area contributed by atoms with Crippen LogP contribution in [-0.4, -0.2) is 33.9 Å². The Morgan fingerprint density at radius 2 is 1.73 bits per heavy atom. The Balaban J connectivity index is 1.51. The first kappa shape index (κ1) is 22.3. The lowest BCUT2D eigenvalue weighted by atomic mass is 10.1. The van der Waals surface area contributed by atoms with Crippen molar-refractivity contribution in [1.82, 2.24) is 14.8 Å². The third-order valence-electron chi connectivity index (χ3n) is 5.38. The lowest BCUT2D eigenvalue weighted by Gasteiger charge is -2.10. The molecule has 4 aromatic rings. The largest absolute Gasteiger partial charge is 0.494 e. The van der Waals surface area contributed by atoms with Gasteiger partial charge in [0.05, 0.1) is 18.0 Å². The highest BCUT2D eigenvalue weighted by molar-refractivity contribution is 5.92. The van der Waals surface area contributed by atoms with E-state index in [0.29, 0.717) is 23.8 Å². The molecule has 0 spiro atoms. The topological polar surface area (TPSA) is 78.3 Å². The molecule has 0 aliphatic rings. The number of pyridine rings is 1. The molecule has 0 aliphatic heterocycles. The van der Waals surface area contributed by atoms with E-state index >= 15 is 0 Å². The van der Waals surface area contributed by atoms with E-state index in [4.69, 9.17) is 14.6 Å². The normalized spacial score (nSPS) is 10.9. The second kappa shape index (κ2) is 9.73. The number of nitrogens with zero attached hydrogens (tertiary/aromatic N) is 3. The van der Waals surface area contributed by atoms with Crippen molar-refractivity contribution in [3.8, 4) is 17.3 Å². The van der Waals surface area contributed by atoms with Crippen LogP contribution in [0.5, 0.6) is 11.6 Å². The van der Waals surface area contributed by atoms with E-state index in [9.17, 15) is 4.79 Å². The van der Waals surface area contributed by atoms with Gasteiger partial charge in [0.15, 0.2) is 12.3 Å². The van der Waals surface area contributed by atoms with Gasteiger partial charge >= 0.3 is 0 Å². The van der Waals surface area contributed by atoms with Crippen molar-refractivity contribution in [2.24, 2.45) is 0 Å². The number of hydrogen-bond donors (Lipinski definition) is 1. The first-order chi connectivity index (χ1) is 16.0. The highest BCUT2D eigenvalue weighted by atomic mass is 16.5. The number of rotatable bonds is 8. The quantitative estimate of drug-likeness (QED) is 0.413. The smallest absolute Gasteiger partial charge is 0.262 e. The molecule has 0 radical (unpaired) electrons. The van der Waals surface area contributed by atoms with Gasteiger partial charge in [-0.05, 0) is 74.7 Å². The Hall–Kier alpha value is -3.87. The van der Waals surface area contributed by atoms with Crippen molar-refractivity contribution >= 4 is 22.6 Å². The van der Waals surface area contributed by atoms with Crippen LogP contribution in [0.15, 0.2) is 54.6 Å². The zero-order valence-electron chi connectivity index (χ0n) is 19.4. The van der Waals surface area contributed by atoms with Crippen LogP contribution in [-0.2, 0) is 11.2 Å². The van der Waals surface area contributed by atoms with Crippen LogP contribution in [0.1, 0.15) is 30.7 Å². The minimum absolute atomic E-state index is 0.149. The van der Waals surface area contributed by atoms with E-state index in [1.807, 2.05) is 55.8 Å². The standard InChI is InChI=1S/C26H28N4O3/c1-5-19-7-11-21(12-8-19)30-26-25(18(4)29-30)17(3)15-24(28-26)33-16-23(31)27-20-9-13-22(14-10-20)32-6-2/h7-15H,5-6,16H2,1-4H3,(H,27,31). The van der Waals surface area contributed by atoms with Gasteiger partial charge in [-0.2, -0.15) is 10.1 Å². The SMILES string of the molecule is CCOc1ccc(NC(=O)COc2cc(C)c3c(C)nn(-c4ccc(CC)cc4)c3n2)cc1. The first-order valence-corrected chi connectivity index (χ1v) is 11.1. The minimum Gasteiger partial charge on any atom is -0.494 e. The molecular weight excluding hydrogens is 416 g/mol. The number of carbonyl (C=O) groups is 1. The predicted octanol–water partition coefficient (Wildman–Crippen LogP) is 5.02. The van der Waals surface area contributed by atoms with E-state index in [0.717, 1.165) is 34.5 Å². The van der Waals surface area contributed by atoms with Crippen molar-refractivity contribution in [3.05, 3.63) is 71.4 Å². The van der Waals surface area contributed by atoms with Crippen LogP contribution < -0.4 is 14.8 Å². The molecule has 0 aliphatic carbocycles. The number of amides is 1. The summed E-state index contributed by atoms with van der Waals surface area (Å²) in [6.45, 7) is 8.47.